The maximum absolute atomic E-state index is 13.5. The number of benzene rings is 3. The number of aliphatic hydroxyl groups excluding tert-OH is 1. The monoisotopic (exact) mass is 562 g/mol. The van der Waals surface area contributed by atoms with Gasteiger partial charge in [-0.25, -0.2) is 4.79 Å². The average Bonchev–Trinajstić information content (AvgIpc) is 2.97. The van der Waals surface area contributed by atoms with E-state index in [-0.39, 0.29) is 25.0 Å². The van der Waals surface area contributed by atoms with E-state index in [0.29, 0.717) is 16.7 Å². The van der Waals surface area contributed by atoms with E-state index in [4.69, 9.17) is 5.73 Å². The summed E-state index contributed by atoms with van der Waals surface area (Å²) >= 11 is 0. The molecule has 0 aliphatic carbocycles. The molecule has 0 bridgehead atoms. The number of hydrogen-bond donors (Lipinski definition) is 7. The van der Waals surface area contributed by atoms with Crippen LogP contribution in [0.3, 0.4) is 0 Å². The van der Waals surface area contributed by atoms with Gasteiger partial charge in [0, 0.05) is 19.3 Å². The second kappa shape index (κ2) is 15.2. The van der Waals surface area contributed by atoms with Crippen LogP contribution in [0.4, 0.5) is 0 Å². The lowest BCUT2D eigenvalue weighted by atomic mass is 10.0. The zero-order valence-electron chi connectivity index (χ0n) is 22.3. The van der Waals surface area contributed by atoms with Gasteiger partial charge in [0.05, 0.1) is 6.61 Å². The van der Waals surface area contributed by atoms with Crippen molar-refractivity contribution in [1.29, 1.82) is 0 Å². The fourth-order valence-electron chi connectivity index (χ4n) is 4.09. The van der Waals surface area contributed by atoms with Crippen molar-refractivity contribution in [1.82, 2.24) is 16.0 Å². The van der Waals surface area contributed by atoms with E-state index < -0.39 is 54.5 Å². The summed E-state index contributed by atoms with van der Waals surface area (Å²) in [4.78, 5) is 51.4. The number of phenols is 1. The largest absolute Gasteiger partial charge is 0.508 e. The van der Waals surface area contributed by atoms with Crippen molar-refractivity contribution in [2.75, 3.05) is 6.61 Å². The number of amides is 3. The van der Waals surface area contributed by atoms with Gasteiger partial charge in [0.2, 0.25) is 17.7 Å². The van der Waals surface area contributed by atoms with Crippen molar-refractivity contribution in [3.05, 3.63) is 102 Å². The Kier molecular flexibility index (Phi) is 11.4. The molecule has 216 valence electrons. The predicted octanol–water partition coefficient (Wildman–Crippen LogP) is 0.279. The smallest absolute Gasteiger partial charge is 0.326 e. The molecular formula is C30H34N4O7. The number of aliphatic carboxylic acids is 1. The molecule has 0 saturated heterocycles. The van der Waals surface area contributed by atoms with Crippen molar-refractivity contribution in [3.8, 4) is 5.75 Å². The first kappa shape index (κ1) is 30.8. The standard InChI is InChI=1S/C30H34N4O7/c31-23(18-35)27(37)32-24(16-21-11-13-22(36)14-12-21)28(38)33-25(15-19-7-3-1-4-8-19)29(39)34-26(30(40)41)17-20-9-5-2-6-10-20/h1-14,23-26,35-36H,15-18,31H2,(H,32,37)(H,33,38)(H,34,39)(H,40,41). The Morgan fingerprint density at radius 3 is 1.44 bits per heavy atom. The van der Waals surface area contributed by atoms with Crippen LogP contribution >= 0.6 is 0 Å². The van der Waals surface area contributed by atoms with Gasteiger partial charge in [-0.1, -0.05) is 72.8 Å². The predicted molar refractivity (Wildman–Crippen MR) is 151 cm³/mol. The van der Waals surface area contributed by atoms with Crippen molar-refractivity contribution in [3.63, 3.8) is 0 Å². The molecule has 0 aromatic heterocycles. The van der Waals surface area contributed by atoms with E-state index in [9.17, 15) is 34.5 Å². The topological polar surface area (TPSA) is 191 Å². The Morgan fingerprint density at radius 1 is 0.610 bits per heavy atom. The fourth-order valence-corrected chi connectivity index (χ4v) is 4.09. The second-order valence-electron chi connectivity index (χ2n) is 9.56. The number of phenolic OH excluding ortho intramolecular Hbond substituents is 1. The van der Waals surface area contributed by atoms with E-state index in [1.54, 1.807) is 72.8 Å². The highest BCUT2D eigenvalue weighted by Crippen LogP contribution is 2.13. The third-order valence-electron chi connectivity index (χ3n) is 6.36. The minimum absolute atomic E-state index is 0.0125. The van der Waals surface area contributed by atoms with Gasteiger partial charge >= 0.3 is 5.97 Å². The van der Waals surface area contributed by atoms with Gasteiger partial charge in [-0.3, -0.25) is 14.4 Å². The van der Waals surface area contributed by atoms with Gasteiger partial charge in [0.25, 0.3) is 0 Å². The van der Waals surface area contributed by atoms with Gasteiger partial charge < -0.3 is 37.0 Å². The van der Waals surface area contributed by atoms with Crippen LogP contribution in [0.2, 0.25) is 0 Å². The van der Waals surface area contributed by atoms with E-state index >= 15 is 0 Å². The lowest BCUT2D eigenvalue weighted by Crippen LogP contribution is -2.58. The molecular weight excluding hydrogens is 528 g/mol. The molecule has 8 N–H and O–H groups in total. The first-order valence-corrected chi connectivity index (χ1v) is 13.0. The third kappa shape index (κ3) is 9.75. The quantitative estimate of drug-likeness (QED) is 0.146. The van der Waals surface area contributed by atoms with Crippen LogP contribution in [0.15, 0.2) is 84.9 Å². The Labute approximate surface area is 237 Å². The van der Waals surface area contributed by atoms with Gasteiger partial charge in [0.1, 0.15) is 29.9 Å². The molecule has 0 fully saturated rings. The summed E-state index contributed by atoms with van der Waals surface area (Å²) in [5.74, 6) is -3.43. The third-order valence-corrected chi connectivity index (χ3v) is 6.36. The fraction of sp³-hybridized carbons (Fsp3) is 0.267. The number of carboxylic acid groups (broad SMARTS) is 1. The lowest BCUT2D eigenvalue weighted by Gasteiger charge is -2.25. The summed E-state index contributed by atoms with van der Waals surface area (Å²) < 4.78 is 0. The molecule has 11 nitrogen and oxygen atoms in total. The highest BCUT2D eigenvalue weighted by molar-refractivity contribution is 5.94. The number of aromatic hydroxyl groups is 1. The summed E-state index contributed by atoms with van der Waals surface area (Å²) in [6.07, 6.45) is 0.0695. The molecule has 4 unspecified atom stereocenters. The molecule has 11 heteroatoms. The zero-order chi connectivity index (χ0) is 29.8. The van der Waals surface area contributed by atoms with Crippen LogP contribution in [0.1, 0.15) is 16.7 Å². The van der Waals surface area contributed by atoms with Crippen LogP contribution in [-0.4, -0.2) is 69.8 Å². The number of carbonyl (C=O) groups is 4. The molecule has 0 aliphatic heterocycles. The van der Waals surface area contributed by atoms with Crippen molar-refractivity contribution in [2.24, 2.45) is 5.73 Å². The maximum atomic E-state index is 13.5. The Morgan fingerprint density at radius 2 is 1.00 bits per heavy atom. The molecule has 3 rings (SSSR count). The van der Waals surface area contributed by atoms with Crippen LogP contribution in [-0.2, 0) is 38.4 Å². The SMILES string of the molecule is NC(CO)C(=O)NC(Cc1ccc(O)cc1)C(=O)NC(Cc1ccccc1)C(=O)NC(Cc1ccccc1)C(=O)O. The van der Waals surface area contributed by atoms with E-state index in [1.165, 1.54) is 12.1 Å². The van der Waals surface area contributed by atoms with Gasteiger partial charge in [0.15, 0.2) is 0 Å². The summed E-state index contributed by atoms with van der Waals surface area (Å²) in [5, 5.41) is 36.4. The van der Waals surface area contributed by atoms with Crippen molar-refractivity contribution >= 4 is 23.7 Å². The Hall–Kier alpha value is -4.74. The summed E-state index contributed by atoms with van der Waals surface area (Å²) in [5.41, 5.74) is 7.65. The summed E-state index contributed by atoms with van der Waals surface area (Å²) in [7, 11) is 0. The van der Waals surface area contributed by atoms with E-state index in [0.717, 1.165) is 0 Å². The summed E-state index contributed by atoms with van der Waals surface area (Å²) in [6, 6.07) is 18.8. The molecule has 4 atom stereocenters. The molecule has 0 spiro atoms. The lowest BCUT2D eigenvalue weighted by molar-refractivity contribution is -0.142. The highest BCUT2D eigenvalue weighted by Gasteiger charge is 2.31. The molecule has 0 aliphatic rings. The minimum atomic E-state index is -1.28. The number of carboxylic acids is 1. The van der Waals surface area contributed by atoms with Gasteiger partial charge in [-0.2, -0.15) is 0 Å². The molecule has 0 saturated carbocycles. The van der Waals surface area contributed by atoms with Crippen LogP contribution in [0, 0.1) is 0 Å². The summed E-state index contributed by atoms with van der Waals surface area (Å²) in [6.45, 7) is -0.642. The molecule has 3 aromatic carbocycles. The molecule has 0 radical (unpaired) electrons. The average molecular weight is 563 g/mol. The zero-order valence-corrected chi connectivity index (χ0v) is 22.3. The number of nitrogens with two attached hydrogens (primary N) is 1. The van der Waals surface area contributed by atoms with Crippen LogP contribution < -0.4 is 21.7 Å². The van der Waals surface area contributed by atoms with Crippen molar-refractivity contribution < 1.29 is 34.5 Å². The second-order valence-corrected chi connectivity index (χ2v) is 9.56. The van der Waals surface area contributed by atoms with Crippen molar-refractivity contribution in [2.45, 2.75) is 43.4 Å². The van der Waals surface area contributed by atoms with Crippen LogP contribution in [0.25, 0.3) is 0 Å². The van der Waals surface area contributed by atoms with Crippen LogP contribution in [0.5, 0.6) is 5.75 Å². The Bertz CT molecular complexity index is 1300. The van der Waals surface area contributed by atoms with E-state index in [1.807, 2.05) is 0 Å². The number of hydrogen-bond acceptors (Lipinski definition) is 7. The normalized spacial score (nSPS) is 13.7. The highest BCUT2D eigenvalue weighted by atomic mass is 16.4. The Balaban J connectivity index is 1.84. The molecule has 3 amide bonds. The number of nitrogens with one attached hydrogen (secondary N) is 3. The molecule has 0 heterocycles. The molecule has 41 heavy (non-hydrogen) atoms. The number of rotatable bonds is 14. The maximum Gasteiger partial charge on any atom is 0.326 e. The van der Waals surface area contributed by atoms with Gasteiger partial charge in [-0.05, 0) is 28.8 Å². The number of aliphatic hydroxyl groups is 1. The molecule has 3 aromatic rings. The first-order chi connectivity index (χ1) is 19.7. The first-order valence-electron chi connectivity index (χ1n) is 13.0. The minimum Gasteiger partial charge on any atom is -0.508 e. The van der Waals surface area contributed by atoms with E-state index in [2.05, 4.69) is 16.0 Å². The number of carbonyl (C=O) groups excluding carboxylic acids is 3. The van der Waals surface area contributed by atoms with Gasteiger partial charge in [-0.15, -0.1) is 0 Å².